The molecule has 3 unspecified atom stereocenters. The van der Waals surface area contributed by atoms with Gasteiger partial charge in [0.2, 0.25) is 0 Å². The van der Waals surface area contributed by atoms with Gasteiger partial charge in [-0.25, -0.2) is 8.78 Å². The molecule has 172 valence electrons. The van der Waals surface area contributed by atoms with Crippen LogP contribution in [0.4, 0.5) is 8.78 Å². The van der Waals surface area contributed by atoms with Crippen LogP contribution in [0.5, 0.6) is 0 Å². The number of hydrazone groups is 1. The second-order valence-corrected chi connectivity index (χ2v) is 8.69. The number of hydrogen-bond donors (Lipinski definition) is 4. The van der Waals surface area contributed by atoms with E-state index in [4.69, 9.17) is 33.8 Å². The summed E-state index contributed by atoms with van der Waals surface area (Å²) in [4.78, 5) is 8.65. The fourth-order valence-corrected chi connectivity index (χ4v) is 4.41. The summed E-state index contributed by atoms with van der Waals surface area (Å²) in [6, 6.07) is 2.27. The molecule has 1 fully saturated rings. The number of nitrogens with two attached hydrogens (primary N) is 1. The summed E-state index contributed by atoms with van der Waals surface area (Å²) in [5.41, 5.74) is -1.13. The van der Waals surface area contributed by atoms with Gasteiger partial charge in [-0.15, -0.1) is 0 Å². The first-order valence-corrected chi connectivity index (χ1v) is 10.7. The predicted octanol–water partition coefficient (Wildman–Crippen LogP) is 2.00. The van der Waals surface area contributed by atoms with Gasteiger partial charge in [0, 0.05) is 29.1 Å². The Kier molecular flexibility index (Phi) is 8.39. The maximum Gasteiger partial charge on any atom is 0.145 e. The van der Waals surface area contributed by atoms with Crippen molar-refractivity contribution in [3.8, 4) is 0 Å². The number of halogens is 4. The van der Waals surface area contributed by atoms with E-state index in [1.165, 1.54) is 12.4 Å². The molecule has 1 aliphatic heterocycles. The lowest BCUT2D eigenvalue weighted by atomic mass is 9.98. The van der Waals surface area contributed by atoms with Crippen LogP contribution in [-0.4, -0.2) is 68.6 Å². The number of benzene rings is 1. The SMILES string of the molecule is NN=C(C=NC1C(O)[C@@H](Sc2cncc(Cl)c2)OC(CO)[C@@H]1O)c1cc(F)c(Cl)c(F)c1. The summed E-state index contributed by atoms with van der Waals surface area (Å²) in [6.45, 7) is -0.545. The highest BCUT2D eigenvalue weighted by atomic mass is 35.5. The quantitative estimate of drug-likeness (QED) is 0.204. The van der Waals surface area contributed by atoms with Crippen LogP contribution in [0, 0.1) is 11.6 Å². The van der Waals surface area contributed by atoms with Gasteiger partial charge in [-0.3, -0.25) is 9.98 Å². The Morgan fingerprint density at radius 3 is 2.47 bits per heavy atom. The molecule has 8 nitrogen and oxygen atoms in total. The molecular formula is C19H18Cl2F2N4O4S. The van der Waals surface area contributed by atoms with Crippen LogP contribution in [0.25, 0.3) is 0 Å². The van der Waals surface area contributed by atoms with Crippen molar-refractivity contribution in [2.24, 2.45) is 15.9 Å². The molecule has 13 heteroatoms. The first kappa shape index (κ1) is 24.8. The largest absolute Gasteiger partial charge is 0.394 e. The minimum Gasteiger partial charge on any atom is -0.394 e. The molecule has 1 aliphatic rings. The van der Waals surface area contributed by atoms with Crippen LogP contribution in [0.3, 0.4) is 0 Å². The van der Waals surface area contributed by atoms with Crippen molar-refractivity contribution >= 4 is 46.9 Å². The van der Waals surface area contributed by atoms with Crippen molar-refractivity contribution in [1.29, 1.82) is 0 Å². The highest BCUT2D eigenvalue weighted by Gasteiger charge is 2.44. The topological polar surface area (TPSA) is 134 Å². The van der Waals surface area contributed by atoms with Gasteiger partial charge in [0.25, 0.3) is 0 Å². The van der Waals surface area contributed by atoms with Crippen LogP contribution in [0.2, 0.25) is 10.0 Å². The molecule has 1 aromatic heterocycles. The molecule has 0 spiro atoms. The van der Waals surface area contributed by atoms with Gasteiger partial charge >= 0.3 is 0 Å². The zero-order valence-corrected chi connectivity index (χ0v) is 18.5. The lowest BCUT2D eigenvalue weighted by molar-refractivity contribution is -0.159. The summed E-state index contributed by atoms with van der Waals surface area (Å²) >= 11 is 12.5. The summed E-state index contributed by atoms with van der Waals surface area (Å²) in [7, 11) is 0. The van der Waals surface area contributed by atoms with Crippen molar-refractivity contribution in [1.82, 2.24) is 4.98 Å². The molecule has 1 saturated heterocycles. The zero-order chi connectivity index (χ0) is 23.4. The number of thioether (sulfide) groups is 1. The number of aliphatic hydroxyl groups excluding tert-OH is 3. The molecular weight excluding hydrogens is 489 g/mol. The zero-order valence-electron chi connectivity index (χ0n) is 16.1. The molecule has 5 atom stereocenters. The third-order valence-electron chi connectivity index (χ3n) is 4.57. The third-order valence-corrected chi connectivity index (χ3v) is 6.25. The summed E-state index contributed by atoms with van der Waals surface area (Å²) in [6.07, 6.45) is 0.208. The van der Waals surface area contributed by atoms with Crippen molar-refractivity contribution in [2.45, 2.75) is 34.7 Å². The smallest absolute Gasteiger partial charge is 0.145 e. The van der Waals surface area contributed by atoms with E-state index in [0.717, 1.165) is 30.1 Å². The first-order valence-electron chi connectivity index (χ1n) is 9.10. The van der Waals surface area contributed by atoms with E-state index in [-0.39, 0.29) is 11.3 Å². The minimum atomic E-state index is -1.39. The Balaban J connectivity index is 1.85. The highest BCUT2D eigenvalue weighted by Crippen LogP contribution is 2.35. The molecule has 5 N–H and O–H groups in total. The van der Waals surface area contributed by atoms with E-state index in [0.29, 0.717) is 9.92 Å². The van der Waals surface area contributed by atoms with Crippen molar-refractivity contribution in [3.63, 3.8) is 0 Å². The second kappa shape index (κ2) is 10.8. The number of rotatable bonds is 6. The van der Waals surface area contributed by atoms with Gasteiger partial charge in [-0.2, -0.15) is 5.10 Å². The second-order valence-electron chi connectivity index (χ2n) is 6.70. The van der Waals surface area contributed by atoms with Crippen molar-refractivity contribution < 1.29 is 28.8 Å². The van der Waals surface area contributed by atoms with Gasteiger partial charge in [-0.05, 0) is 18.2 Å². The number of aliphatic imine (C=N–C) groups is 1. The van der Waals surface area contributed by atoms with Gasteiger partial charge in [0.05, 0.1) is 11.6 Å². The van der Waals surface area contributed by atoms with Crippen LogP contribution in [0.15, 0.2) is 45.6 Å². The van der Waals surface area contributed by atoms with Gasteiger partial charge < -0.3 is 25.9 Å². The van der Waals surface area contributed by atoms with E-state index in [1.807, 2.05) is 0 Å². The number of ether oxygens (including phenoxy) is 1. The number of hydrogen-bond acceptors (Lipinski definition) is 9. The molecule has 0 radical (unpaired) electrons. The number of aliphatic hydroxyl groups is 3. The molecule has 0 saturated carbocycles. The molecule has 2 heterocycles. The maximum atomic E-state index is 13.8. The fraction of sp³-hybridized carbons (Fsp3) is 0.316. The van der Waals surface area contributed by atoms with Gasteiger partial charge in [-0.1, -0.05) is 35.0 Å². The number of pyridine rings is 1. The normalized spacial score (nSPS) is 26.6. The molecule has 3 rings (SSSR count). The Labute approximate surface area is 195 Å². The van der Waals surface area contributed by atoms with Crippen LogP contribution in [0.1, 0.15) is 5.56 Å². The van der Waals surface area contributed by atoms with Crippen LogP contribution < -0.4 is 5.84 Å². The first-order chi connectivity index (χ1) is 15.2. The van der Waals surface area contributed by atoms with Gasteiger partial charge in [0.15, 0.2) is 0 Å². The van der Waals surface area contributed by atoms with E-state index in [9.17, 15) is 24.1 Å². The molecule has 0 aliphatic carbocycles. The predicted molar refractivity (Wildman–Crippen MR) is 117 cm³/mol. The lowest BCUT2D eigenvalue weighted by Crippen LogP contribution is -2.56. The van der Waals surface area contributed by atoms with E-state index in [1.54, 1.807) is 6.07 Å². The maximum absolute atomic E-state index is 13.8. The fourth-order valence-electron chi connectivity index (χ4n) is 2.97. The Hall–Kier alpha value is -1.86. The van der Waals surface area contributed by atoms with E-state index < -0.39 is 53.1 Å². The lowest BCUT2D eigenvalue weighted by Gasteiger charge is -2.40. The van der Waals surface area contributed by atoms with Crippen LogP contribution >= 0.6 is 35.0 Å². The van der Waals surface area contributed by atoms with Crippen LogP contribution in [-0.2, 0) is 4.74 Å². The highest BCUT2D eigenvalue weighted by molar-refractivity contribution is 7.99. The van der Waals surface area contributed by atoms with Crippen molar-refractivity contribution in [3.05, 3.63) is 57.8 Å². The summed E-state index contributed by atoms with van der Waals surface area (Å²) < 4.78 is 33.2. The monoisotopic (exact) mass is 506 g/mol. The standard InChI is InChI=1S/C19H18Cl2F2N4O4S/c20-9-3-10(5-25-4-9)32-19-18(30)16(17(29)14(7-28)31-19)26-6-13(27-24)8-1-11(22)15(21)12(23)2-8/h1-6,14,16-19,28-30H,7,24H2/t14?,16?,17-,18?,19+/m0/s1. The average Bonchev–Trinajstić information content (AvgIpc) is 2.76. The average molecular weight is 507 g/mol. The number of aromatic nitrogens is 1. The third kappa shape index (κ3) is 5.54. The molecule has 0 bridgehead atoms. The van der Waals surface area contributed by atoms with Gasteiger partial charge in [0.1, 0.15) is 52.2 Å². The molecule has 32 heavy (non-hydrogen) atoms. The molecule has 0 amide bonds. The Morgan fingerprint density at radius 1 is 1.19 bits per heavy atom. The molecule has 1 aromatic carbocycles. The van der Waals surface area contributed by atoms with Crippen molar-refractivity contribution in [2.75, 3.05) is 6.61 Å². The Morgan fingerprint density at radius 2 is 1.88 bits per heavy atom. The summed E-state index contributed by atoms with van der Waals surface area (Å²) in [5.74, 6) is 3.29. The molecule has 2 aromatic rings. The number of nitrogens with zero attached hydrogens (tertiary/aromatic N) is 3. The van der Waals surface area contributed by atoms with E-state index in [2.05, 4.69) is 15.1 Å². The Bertz CT molecular complexity index is 1010. The summed E-state index contributed by atoms with van der Waals surface area (Å²) in [5, 5.41) is 34.0. The van der Waals surface area contributed by atoms with E-state index >= 15 is 0 Å². The minimum absolute atomic E-state index is 0.0543.